The number of rotatable bonds is 4. The van der Waals surface area contributed by atoms with Crippen molar-refractivity contribution in [3.63, 3.8) is 0 Å². The molecule has 0 radical (unpaired) electrons. The molecule has 28 heavy (non-hydrogen) atoms. The van der Waals surface area contributed by atoms with Crippen LogP contribution in [0.5, 0.6) is 0 Å². The minimum absolute atomic E-state index is 0.657. The second kappa shape index (κ2) is 7.22. The molecular weight excluding hydrogens is 389 g/mol. The molecule has 2 aromatic rings. The van der Waals surface area contributed by atoms with Gasteiger partial charge in [-0.2, -0.15) is 21.6 Å². The lowest BCUT2D eigenvalue weighted by molar-refractivity contribution is -0.0612. The molecular formula is C21H19F3O3S. The summed E-state index contributed by atoms with van der Waals surface area (Å²) >= 11 is 0. The van der Waals surface area contributed by atoms with Crippen LogP contribution in [-0.4, -0.2) is 19.5 Å². The number of hydrogen-bond acceptors (Lipinski definition) is 3. The van der Waals surface area contributed by atoms with Gasteiger partial charge in [-0.25, -0.2) is 0 Å². The lowest BCUT2D eigenvalue weighted by Gasteiger charge is -2.39. The van der Waals surface area contributed by atoms with Crippen LogP contribution in [0.3, 0.4) is 0 Å². The van der Waals surface area contributed by atoms with E-state index in [-0.39, 0.29) is 0 Å². The maximum atomic E-state index is 13.0. The number of allylic oxidation sites excluding steroid dienone is 2. The molecule has 2 unspecified atom stereocenters. The molecule has 0 fully saturated rings. The average molecular weight is 408 g/mol. The Bertz CT molecular complexity index is 1010. The summed E-state index contributed by atoms with van der Waals surface area (Å²) in [5.74, 6) is -0.752. The van der Waals surface area contributed by atoms with Gasteiger partial charge >= 0.3 is 15.6 Å². The third-order valence-electron chi connectivity index (χ3n) is 4.74. The van der Waals surface area contributed by atoms with Crippen molar-refractivity contribution in [1.82, 2.24) is 0 Å². The summed E-state index contributed by atoms with van der Waals surface area (Å²) in [6.07, 6.45) is 2.99. The second-order valence-corrected chi connectivity index (χ2v) is 8.34. The van der Waals surface area contributed by atoms with Crippen molar-refractivity contribution in [3.05, 3.63) is 89.5 Å². The van der Waals surface area contributed by atoms with E-state index in [1.165, 1.54) is 13.0 Å². The Balaban J connectivity index is 2.20. The maximum Gasteiger partial charge on any atom is 0.523 e. The molecule has 0 saturated heterocycles. The monoisotopic (exact) mass is 408 g/mol. The Labute approximate surface area is 162 Å². The molecule has 0 N–H and O–H groups in total. The van der Waals surface area contributed by atoms with Gasteiger partial charge < -0.3 is 0 Å². The van der Waals surface area contributed by atoms with E-state index in [1.54, 1.807) is 36.4 Å². The summed E-state index contributed by atoms with van der Waals surface area (Å²) in [6.45, 7) is 3.20. The van der Waals surface area contributed by atoms with Gasteiger partial charge in [0, 0.05) is 5.92 Å². The van der Waals surface area contributed by atoms with Crippen molar-refractivity contribution >= 4 is 15.7 Å². The quantitative estimate of drug-likeness (QED) is 0.500. The summed E-state index contributed by atoms with van der Waals surface area (Å²) in [5.41, 5.74) is -4.27. The van der Waals surface area contributed by atoms with Gasteiger partial charge in [-0.3, -0.25) is 4.18 Å². The third-order valence-corrected chi connectivity index (χ3v) is 5.89. The van der Waals surface area contributed by atoms with Crippen LogP contribution in [-0.2, 0) is 14.3 Å². The van der Waals surface area contributed by atoms with Gasteiger partial charge in [0.15, 0.2) is 0 Å². The van der Waals surface area contributed by atoms with Crippen molar-refractivity contribution in [2.75, 3.05) is 0 Å². The average Bonchev–Trinajstić information content (AvgIpc) is 2.63. The minimum Gasteiger partial charge on any atom is -0.252 e. The SMILES string of the molecule is CC1=C(c2ccccc2)C(c2ccccc2)C(C)(OS(=O)(=O)C(F)(F)F)C=C1. The highest BCUT2D eigenvalue weighted by Gasteiger charge is 2.53. The predicted octanol–water partition coefficient (Wildman–Crippen LogP) is 5.44. The Morgan fingerprint density at radius 1 is 0.964 bits per heavy atom. The van der Waals surface area contributed by atoms with Crippen LogP contribution in [0.1, 0.15) is 30.9 Å². The van der Waals surface area contributed by atoms with Crippen molar-refractivity contribution in [2.24, 2.45) is 0 Å². The molecule has 0 spiro atoms. The van der Waals surface area contributed by atoms with Crippen LogP contribution in [0.4, 0.5) is 13.2 Å². The fraction of sp³-hybridized carbons (Fsp3) is 0.238. The maximum absolute atomic E-state index is 13.0. The van der Waals surface area contributed by atoms with Gasteiger partial charge in [0.1, 0.15) is 5.60 Å². The fourth-order valence-corrected chi connectivity index (χ4v) is 4.22. The van der Waals surface area contributed by atoms with Gasteiger partial charge in [-0.15, -0.1) is 0 Å². The summed E-state index contributed by atoms with van der Waals surface area (Å²) in [7, 11) is -5.79. The van der Waals surface area contributed by atoms with Gasteiger partial charge in [0.2, 0.25) is 0 Å². The Kier molecular flexibility index (Phi) is 5.25. The second-order valence-electron chi connectivity index (χ2n) is 6.81. The standard InChI is InChI=1S/C21H19F3O3S/c1-15-13-14-20(2,27-28(25,26)21(22,23)24)19(17-11-7-4-8-12-17)18(15)16-9-5-3-6-10-16/h3-14,19H,1-2H3. The Morgan fingerprint density at radius 2 is 1.50 bits per heavy atom. The van der Waals surface area contributed by atoms with E-state index in [1.807, 2.05) is 37.3 Å². The minimum atomic E-state index is -5.79. The zero-order valence-electron chi connectivity index (χ0n) is 15.3. The Hall–Kier alpha value is -2.38. The zero-order chi connectivity index (χ0) is 20.6. The molecule has 3 nitrogen and oxygen atoms in total. The third kappa shape index (κ3) is 3.77. The molecule has 7 heteroatoms. The first-order chi connectivity index (χ1) is 13.1. The van der Waals surface area contributed by atoms with Crippen molar-refractivity contribution in [3.8, 4) is 0 Å². The van der Waals surface area contributed by atoms with E-state index >= 15 is 0 Å². The lowest BCUT2D eigenvalue weighted by atomic mass is 9.71. The van der Waals surface area contributed by atoms with E-state index < -0.39 is 27.1 Å². The highest BCUT2D eigenvalue weighted by molar-refractivity contribution is 7.87. The molecule has 0 heterocycles. The molecule has 3 rings (SSSR count). The number of benzene rings is 2. The van der Waals surface area contributed by atoms with E-state index in [9.17, 15) is 21.6 Å². The first kappa shape index (κ1) is 20.4. The molecule has 2 atom stereocenters. The molecule has 0 saturated carbocycles. The number of hydrogen-bond donors (Lipinski definition) is 0. The lowest BCUT2D eigenvalue weighted by Crippen LogP contribution is -2.42. The van der Waals surface area contributed by atoms with Crippen LogP contribution in [0.2, 0.25) is 0 Å². The zero-order valence-corrected chi connectivity index (χ0v) is 16.1. The van der Waals surface area contributed by atoms with Crippen LogP contribution >= 0.6 is 0 Å². The normalized spacial score (nSPS) is 23.1. The largest absolute Gasteiger partial charge is 0.523 e. The molecule has 0 aliphatic heterocycles. The van der Waals surface area contributed by atoms with Crippen LogP contribution in [0.25, 0.3) is 5.57 Å². The molecule has 148 valence electrons. The van der Waals surface area contributed by atoms with E-state index in [2.05, 4.69) is 0 Å². The first-order valence-electron chi connectivity index (χ1n) is 8.57. The van der Waals surface area contributed by atoms with Crippen LogP contribution < -0.4 is 0 Å². The van der Waals surface area contributed by atoms with Gasteiger partial charge in [0.25, 0.3) is 0 Å². The molecule has 1 aliphatic rings. The Morgan fingerprint density at radius 3 is 2.04 bits per heavy atom. The first-order valence-corrected chi connectivity index (χ1v) is 9.98. The molecule has 0 bridgehead atoms. The molecule has 0 amide bonds. The van der Waals surface area contributed by atoms with Gasteiger partial charge in [0.05, 0.1) is 0 Å². The van der Waals surface area contributed by atoms with Crippen molar-refractivity contribution < 1.29 is 25.8 Å². The van der Waals surface area contributed by atoms with Gasteiger partial charge in [-0.05, 0) is 36.1 Å². The predicted molar refractivity (Wildman–Crippen MR) is 102 cm³/mol. The smallest absolute Gasteiger partial charge is 0.252 e. The number of halogens is 3. The van der Waals surface area contributed by atoms with Crippen LogP contribution in [0.15, 0.2) is 78.4 Å². The van der Waals surface area contributed by atoms with Crippen molar-refractivity contribution in [2.45, 2.75) is 30.9 Å². The van der Waals surface area contributed by atoms with E-state index in [0.29, 0.717) is 11.1 Å². The highest BCUT2D eigenvalue weighted by atomic mass is 32.2. The summed E-state index contributed by atoms with van der Waals surface area (Å²) in [5, 5.41) is 0. The van der Waals surface area contributed by atoms with Crippen LogP contribution in [0, 0.1) is 0 Å². The molecule has 2 aromatic carbocycles. The van der Waals surface area contributed by atoms with Crippen molar-refractivity contribution in [1.29, 1.82) is 0 Å². The summed E-state index contributed by atoms with van der Waals surface area (Å²) in [4.78, 5) is 0. The van der Waals surface area contributed by atoms with Gasteiger partial charge in [-0.1, -0.05) is 72.8 Å². The summed E-state index contributed by atoms with van der Waals surface area (Å²) in [6, 6.07) is 17.9. The number of alkyl halides is 3. The molecule has 0 aromatic heterocycles. The summed E-state index contributed by atoms with van der Waals surface area (Å²) < 4.78 is 67.6. The highest BCUT2D eigenvalue weighted by Crippen LogP contribution is 2.49. The fourth-order valence-electron chi connectivity index (χ4n) is 3.51. The topological polar surface area (TPSA) is 43.4 Å². The van der Waals surface area contributed by atoms with E-state index in [4.69, 9.17) is 4.18 Å². The molecule has 1 aliphatic carbocycles. The van der Waals surface area contributed by atoms with E-state index in [0.717, 1.165) is 11.1 Å².